The number of rotatable bonds is 6. The Morgan fingerprint density at radius 3 is 2.72 bits per heavy atom. The van der Waals surface area contributed by atoms with Crippen LogP contribution in [-0.2, 0) is 4.74 Å². The molecule has 4 heteroatoms. The van der Waals surface area contributed by atoms with Crippen LogP contribution in [0.3, 0.4) is 0 Å². The van der Waals surface area contributed by atoms with Gasteiger partial charge in [-0.05, 0) is 38.5 Å². The minimum Gasteiger partial charge on any atom is -0.459 e. The van der Waals surface area contributed by atoms with Crippen LogP contribution in [0.15, 0.2) is 18.2 Å². The Bertz CT molecular complexity index is 403. The summed E-state index contributed by atoms with van der Waals surface area (Å²) in [6.45, 7) is 6.66. The number of anilines is 2. The number of benzene rings is 1. The molecule has 1 rings (SSSR count). The number of hydrogen-bond donors (Lipinski definition) is 2. The van der Waals surface area contributed by atoms with E-state index in [0.717, 1.165) is 25.1 Å². The summed E-state index contributed by atoms with van der Waals surface area (Å²) >= 11 is 0. The van der Waals surface area contributed by atoms with Crippen LogP contribution in [0.2, 0.25) is 0 Å². The van der Waals surface area contributed by atoms with E-state index in [-0.39, 0.29) is 12.1 Å². The number of carbonyl (C=O) groups is 1. The molecule has 0 bridgehead atoms. The van der Waals surface area contributed by atoms with E-state index >= 15 is 0 Å². The second kappa shape index (κ2) is 6.89. The monoisotopic (exact) mass is 250 g/mol. The molecule has 0 aliphatic rings. The zero-order valence-corrected chi connectivity index (χ0v) is 11.3. The normalized spacial score (nSPS) is 10.4. The highest BCUT2D eigenvalue weighted by molar-refractivity contribution is 5.92. The fraction of sp³-hybridized carbons (Fsp3) is 0.500. The summed E-state index contributed by atoms with van der Waals surface area (Å²) in [6.07, 6.45) is 2.10. The van der Waals surface area contributed by atoms with Crippen molar-refractivity contribution in [2.45, 2.75) is 39.7 Å². The molecule has 0 saturated carbocycles. The minimum absolute atomic E-state index is 0.124. The molecule has 0 radical (unpaired) electrons. The van der Waals surface area contributed by atoms with Gasteiger partial charge < -0.3 is 15.8 Å². The standard InChI is InChI=1S/C14H22N2O2/c1-4-5-8-16-13-7-6-11(9-12(13)15)14(17)18-10(2)3/h6-7,9-10,16H,4-5,8,15H2,1-3H3. The fourth-order valence-electron chi connectivity index (χ4n) is 1.53. The maximum absolute atomic E-state index is 11.7. The molecule has 0 amide bonds. The van der Waals surface area contributed by atoms with E-state index in [0.29, 0.717) is 11.3 Å². The Kier molecular flexibility index (Phi) is 5.49. The van der Waals surface area contributed by atoms with E-state index in [2.05, 4.69) is 12.2 Å². The van der Waals surface area contributed by atoms with Gasteiger partial charge in [0.25, 0.3) is 0 Å². The average Bonchev–Trinajstić information content (AvgIpc) is 2.30. The molecule has 1 aromatic carbocycles. The van der Waals surface area contributed by atoms with E-state index in [9.17, 15) is 4.79 Å². The lowest BCUT2D eigenvalue weighted by molar-refractivity contribution is 0.0378. The predicted octanol–water partition coefficient (Wildman–Crippen LogP) is 3.05. The summed E-state index contributed by atoms with van der Waals surface area (Å²) in [5.74, 6) is -0.336. The number of ether oxygens (including phenoxy) is 1. The molecule has 0 unspecified atom stereocenters. The van der Waals surface area contributed by atoms with Crippen molar-refractivity contribution in [3.05, 3.63) is 23.8 Å². The van der Waals surface area contributed by atoms with E-state index in [1.165, 1.54) is 0 Å². The Balaban J connectivity index is 2.69. The minimum atomic E-state index is -0.336. The van der Waals surface area contributed by atoms with Crippen molar-refractivity contribution in [3.63, 3.8) is 0 Å². The summed E-state index contributed by atoms with van der Waals surface area (Å²) in [7, 11) is 0. The first-order valence-electron chi connectivity index (χ1n) is 6.39. The summed E-state index contributed by atoms with van der Waals surface area (Å²) in [5, 5.41) is 3.24. The first kappa shape index (κ1) is 14.4. The number of unbranched alkanes of at least 4 members (excludes halogenated alkanes) is 1. The van der Waals surface area contributed by atoms with Crippen LogP contribution in [0.25, 0.3) is 0 Å². The topological polar surface area (TPSA) is 64.3 Å². The fourth-order valence-corrected chi connectivity index (χ4v) is 1.53. The maximum Gasteiger partial charge on any atom is 0.338 e. The Morgan fingerprint density at radius 1 is 1.44 bits per heavy atom. The van der Waals surface area contributed by atoms with Crippen molar-refractivity contribution >= 4 is 17.3 Å². The van der Waals surface area contributed by atoms with E-state index in [1.807, 2.05) is 19.9 Å². The number of nitrogen functional groups attached to an aromatic ring is 1. The Morgan fingerprint density at radius 2 is 2.17 bits per heavy atom. The third-order valence-electron chi connectivity index (χ3n) is 2.48. The third kappa shape index (κ3) is 4.28. The van der Waals surface area contributed by atoms with Gasteiger partial charge in [-0.3, -0.25) is 0 Å². The van der Waals surface area contributed by atoms with Gasteiger partial charge in [0, 0.05) is 6.54 Å². The van der Waals surface area contributed by atoms with Crippen molar-refractivity contribution in [1.29, 1.82) is 0 Å². The number of nitrogens with one attached hydrogen (secondary N) is 1. The van der Waals surface area contributed by atoms with E-state index in [1.54, 1.807) is 12.1 Å². The van der Waals surface area contributed by atoms with Crippen LogP contribution in [0.4, 0.5) is 11.4 Å². The molecule has 0 atom stereocenters. The summed E-state index contributed by atoms with van der Waals surface area (Å²) < 4.78 is 5.11. The second-order valence-corrected chi connectivity index (χ2v) is 4.54. The molecule has 3 N–H and O–H groups in total. The van der Waals surface area contributed by atoms with Crippen molar-refractivity contribution < 1.29 is 9.53 Å². The number of esters is 1. The van der Waals surface area contributed by atoms with Gasteiger partial charge in [-0.2, -0.15) is 0 Å². The maximum atomic E-state index is 11.7. The quantitative estimate of drug-likeness (QED) is 0.462. The molecule has 0 fully saturated rings. The largest absolute Gasteiger partial charge is 0.459 e. The number of hydrogen-bond acceptors (Lipinski definition) is 4. The van der Waals surface area contributed by atoms with Gasteiger partial charge in [-0.1, -0.05) is 13.3 Å². The highest BCUT2D eigenvalue weighted by Gasteiger charge is 2.10. The lowest BCUT2D eigenvalue weighted by Gasteiger charge is -2.11. The van der Waals surface area contributed by atoms with E-state index in [4.69, 9.17) is 10.5 Å². The van der Waals surface area contributed by atoms with Crippen LogP contribution < -0.4 is 11.1 Å². The summed E-state index contributed by atoms with van der Waals surface area (Å²) in [4.78, 5) is 11.7. The SMILES string of the molecule is CCCCNc1ccc(C(=O)OC(C)C)cc1N. The van der Waals surface area contributed by atoms with Crippen LogP contribution >= 0.6 is 0 Å². The average molecular weight is 250 g/mol. The molecule has 0 saturated heterocycles. The van der Waals surface area contributed by atoms with E-state index < -0.39 is 0 Å². The predicted molar refractivity (Wildman–Crippen MR) is 74.8 cm³/mol. The van der Waals surface area contributed by atoms with Gasteiger partial charge in [-0.25, -0.2) is 4.79 Å². The van der Waals surface area contributed by atoms with Gasteiger partial charge in [-0.15, -0.1) is 0 Å². The van der Waals surface area contributed by atoms with Crippen LogP contribution in [0.1, 0.15) is 44.0 Å². The second-order valence-electron chi connectivity index (χ2n) is 4.54. The molecule has 0 spiro atoms. The lowest BCUT2D eigenvalue weighted by atomic mass is 10.1. The van der Waals surface area contributed by atoms with Gasteiger partial charge in [0.05, 0.1) is 23.0 Å². The van der Waals surface area contributed by atoms with Gasteiger partial charge in [0.1, 0.15) is 0 Å². The Labute approximate surface area is 109 Å². The van der Waals surface area contributed by atoms with Gasteiger partial charge in [0.2, 0.25) is 0 Å². The van der Waals surface area contributed by atoms with Crippen LogP contribution in [-0.4, -0.2) is 18.6 Å². The smallest absolute Gasteiger partial charge is 0.338 e. The van der Waals surface area contributed by atoms with Crippen molar-refractivity contribution in [1.82, 2.24) is 0 Å². The zero-order chi connectivity index (χ0) is 13.5. The molecule has 0 aromatic heterocycles. The molecule has 0 aliphatic heterocycles. The van der Waals surface area contributed by atoms with Crippen molar-refractivity contribution in [3.8, 4) is 0 Å². The molecular weight excluding hydrogens is 228 g/mol. The van der Waals surface area contributed by atoms with Gasteiger partial charge >= 0.3 is 5.97 Å². The van der Waals surface area contributed by atoms with Crippen molar-refractivity contribution in [2.24, 2.45) is 0 Å². The molecule has 0 aliphatic carbocycles. The first-order valence-corrected chi connectivity index (χ1v) is 6.39. The molecule has 4 nitrogen and oxygen atoms in total. The summed E-state index contributed by atoms with van der Waals surface area (Å²) in [5.41, 5.74) is 7.83. The number of nitrogens with two attached hydrogens (primary N) is 1. The number of carbonyl (C=O) groups excluding carboxylic acids is 1. The lowest BCUT2D eigenvalue weighted by Crippen LogP contribution is -2.12. The molecule has 18 heavy (non-hydrogen) atoms. The molecule has 100 valence electrons. The van der Waals surface area contributed by atoms with Crippen LogP contribution in [0.5, 0.6) is 0 Å². The van der Waals surface area contributed by atoms with Gasteiger partial charge in [0.15, 0.2) is 0 Å². The Hall–Kier alpha value is -1.71. The summed E-state index contributed by atoms with van der Waals surface area (Å²) in [6, 6.07) is 5.20. The third-order valence-corrected chi connectivity index (χ3v) is 2.48. The van der Waals surface area contributed by atoms with Crippen LogP contribution in [0, 0.1) is 0 Å². The zero-order valence-electron chi connectivity index (χ0n) is 11.3. The molecule has 0 heterocycles. The highest BCUT2D eigenvalue weighted by atomic mass is 16.5. The molecule has 1 aromatic rings. The highest BCUT2D eigenvalue weighted by Crippen LogP contribution is 2.20. The van der Waals surface area contributed by atoms with Crippen molar-refractivity contribution in [2.75, 3.05) is 17.6 Å². The molecular formula is C14H22N2O2. The first-order chi connectivity index (χ1) is 8.54.